The molecule has 4 heteroatoms. The number of ether oxygens (including phenoxy) is 1. The van der Waals surface area contributed by atoms with E-state index in [1.165, 1.54) is 25.7 Å². The van der Waals surface area contributed by atoms with Gasteiger partial charge in [-0.05, 0) is 68.2 Å². The van der Waals surface area contributed by atoms with Crippen molar-refractivity contribution < 1.29 is 13.5 Å². The Kier molecular flexibility index (Phi) is 4.43. The van der Waals surface area contributed by atoms with Gasteiger partial charge < -0.3 is 10.1 Å². The van der Waals surface area contributed by atoms with Crippen LogP contribution >= 0.6 is 0 Å². The Morgan fingerprint density at radius 3 is 2.76 bits per heavy atom. The van der Waals surface area contributed by atoms with Crippen molar-refractivity contribution in [1.29, 1.82) is 0 Å². The van der Waals surface area contributed by atoms with Crippen molar-refractivity contribution >= 4 is 0 Å². The van der Waals surface area contributed by atoms with Crippen molar-refractivity contribution in [3.05, 3.63) is 29.8 Å². The summed E-state index contributed by atoms with van der Waals surface area (Å²) in [5, 5.41) is 3.34. The second-order valence-electron chi connectivity index (χ2n) is 6.46. The molecule has 0 amide bonds. The van der Waals surface area contributed by atoms with Crippen molar-refractivity contribution in [2.75, 3.05) is 7.05 Å². The molecular formula is C17H23F2NO. The maximum atomic E-state index is 12.3. The van der Waals surface area contributed by atoms with Gasteiger partial charge in [0.2, 0.25) is 0 Å². The van der Waals surface area contributed by atoms with Gasteiger partial charge in [-0.1, -0.05) is 18.6 Å². The maximum absolute atomic E-state index is 12.3. The monoisotopic (exact) mass is 295 g/mol. The van der Waals surface area contributed by atoms with Crippen LogP contribution in [0.3, 0.4) is 0 Å². The number of alkyl halides is 2. The molecule has 0 heterocycles. The molecule has 2 nitrogen and oxygen atoms in total. The second-order valence-corrected chi connectivity index (χ2v) is 6.46. The smallest absolute Gasteiger partial charge is 0.387 e. The SMILES string of the molecule is CNC(CC1CC2CCC1C2)c1cccc(OC(F)F)c1. The Morgan fingerprint density at radius 1 is 1.29 bits per heavy atom. The van der Waals surface area contributed by atoms with Gasteiger partial charge in [0, 0.05) is 6.04 Å². The molecule has 3 rings (SSSR count). The molecular weight excluding hydrogens is 272 g/mol. The number of hydrogen-bond donors (Lipinski definition) is 1. The van der Waals surface area contributed by atoms with Gasteiger partial charge in [0.05, 0.1) is 0 Å². The molecule has 2 aliphatic rings. The Hall–Kier alpha value is -1.16. The molecule has 0 aromatic heterocycles. The predicted molar refractivity (Wildman–Crippen MR) is 78.4 cm³/mol. The molecule has 4 atom stereocenters. The first-order valence-electron chi connectivity index (χ1n) is 7.87. The van der Waals surface area contributed by atoms with Gasteiger partial charge in [-0.15, -0.1) is 0 Å². The summed E-state index contributed by atoms with van der Waals surface area (Å²) in [4.78, 5) is 0. The minimum atomic E-state index is -2.76. The largest absolute Gasteiger partial charge is 0.435 e. The van der Waals surface area contributed by atoms with Crippen LogP contribution in [-0.2, 0) is 0 Å². The molecule has 116 valence electrons. The highest BCUT2D eigenvalue weighted by Gasteiger charge is 2.40. The summed E-state index contributed by atoms with van der Waals surface area (Å²) in [6.45, 7) is -2.76. The second kappa shape index (κ2) is 6.30. The van der Waals surface area contributed by atoms with Gasteiger partial charge in [-0.2, -0.15) is 8.78 Å². The van der Waals surface area contributed by atoms with Crippen molar-refractivity contribution in [2.24, 2.45) is 17.8 Å². The molecule has 0 radical (unpaired) electrons. The number of fused-ring (bicyclic) bond motifs is 2. The van der Waals surface area contributed by atoms with Crippen LogP contribution in [0.1, 0.15) is 43.7 Å². The van der Waals surface area contributed by atoms with Crippen LogP contribution in [0.15, 0.2) is 24.3 Å². The van der Waals surface area contributed by atoms with Gasteiger partial charge >= 0.3 is 6.61 Å². The lowest BCUT2D eigenvalue weighted by Crippen LogP contribution is -2.22. The van der Waals surface area contributed by atoms with Gasteiger partial charge in [0.1, 0.15) is 5.75 Å². The number of halogens is 2. The van der Waals surface area contributed by atoms with E-state index in [0.29, 0.717) is 0 Å². The van der Waals surface area contributed by atoms with E-state index in [1.54, 1.807) is 18.2 Å². The molecule has 1 N–H and O–H groups in total. The Morgan fingerprint density at radius 2 is 2.14 bits per heavy atom. The zero-order chi connectivity index (χ0) is 14.8. The van der Waals surface area contributed by atoms with E-state index in [9.17, 15) is 8.78 Å². The third-order valence-electron chi connectivity index (χ3n) is 5.26. The van der Waals surface area contributed by atoms with Crippen molar-refractivity contribution in [1.82, 2.24) is 5.32 Å². The van der Waals surface area contributed by atoms with E-state index in [-0.39, 0.29) is 11.8 Å². The quantitative estimate of drug-likeness (QED) is 0.841. The molecule has 0 saturated heterocycles. The first kappa shape index (κ1) is 14.8. The number of rotatable bonds is 6. The molecule has 4 unspecified atom stereocenters. The summed E-state index contributed by atoms with van der Waals surface area (Å²) in [7, 11) is 1.94. The maximum Gasteiger partial charge on any atom is 0.387 e. The van der Waals surface area contributed by atoms with Gasteiger partial charge in [-0.3, -0.25) is 0 Å². The lowest BCUT2D eigenvalue weighted by atomic mass is 9.83. The molecule has 2 fully saturated rings. The average molecular weight is 295 g/mol. The van der Waals surface area contributed by atoms with E-state index in [1.807, 2.05) is 13.1 Å². The van der Waals surface area contributed by atoms with E-state index >= 15 is 0 Å². The van der Waals surface area contributed by atoms with Crippen LogP contribution in [0.4, 0.5) is 8.78 Å². The van der Waals surface area contributed by atoms with Crippen LogP contribution in [0.25, 0.3) is 0 Å². The number of nitrogens with one attached hydrogen (secondary N) is 1. The van der Waals surface area contributed by atoms with E-state index in [4.69, 9.17) is 0 Å². The summed E-state index contributed by atoms with van der Waals surface area (Å²) >= 11 is 0. The molecule has 1 aromatic rings. The highest BCUT2D eigenvalue weighted by molar-refractivity contribution is 5.30. The number of hydrogen-bond acceptors (Lipinski definition) is 2. The molecule has 2 bridgehead atoms. The molecule has 0 spiro atoms. The van der Waals surface area contributed by atoms with Gasteiger partial charge in [0.25, 0.3) is 0 Å². The normalized spacial score (nSPS) is 29.0. The number of benzene rings is 1. The summed E-state index contributed by atoms with van der Waals surface area (Å²) in [6, 6.07) is 7.32. The lowest BCUT2D eigenvalue weighted by molar-refractivity contribution is -0.0499. The highest BCUT2D eigenvalue weighted by Crippen LogP contribution is 2.50. The fourth-order valence-electron chi connectivity index (χ4n) is 4.30. The van der Waals surface area contributed by atoms with Crippen LogP contribution in [-0.4, -0.2) is 13.7 Å². The van der Waals surface area contributed by atoms with Crippen molar-refractivity contribution in [3.8, 4) is 5.75 Å². The Labute approximate surface area is 124 Å². The minimum Gasteiger partial charge on any atom is -0.435 e. The van der Waals surface area contributed by atoms with Crippen LogP contribution in [0.5, 0.6) is 5.75 Å². The van der Waals surface area contributed by atoms with E-state index in [2.05, 4.69) is 10.1 Å². The predicted octanol–water partition coefficient (Wildman–Crippen LogP) is 4.37. The summed E-state index contributed by atoms with van der Waals surface area (Å²) in [5.41, 5.74) is 1.04. The molecule has 2 saturated carbocycles. The van der Waals surface area contributed by atoms with E-state index < -0.39 is 6.61 Å². The molecule has 2 aliphatic carbocycles. The summed E-state index contributed by atoms with van der Waals surface area (Å²) in [6.07, 6.45) is 6.62. The topological polar surface area (TPSA) is 21.3 Å². The third-order valence-corrected chi connectivity index (χ3v) is 5.26. The average Bonchev–Trinajstić information content (AvgIpc) is 3.06. The molecule has 1 aromatic carbocycles. The zero-order valence-corrected chi connectivity index (χ0v) is 12.4. The first-order chi connectivity index (χ1) is 10.2. The van der Waals surface area contributed by atoms with E-state index in [0.717, 1.165) is 29.7 Å². The highest BCUT2D eigenvalue weighted by atomic mass is 19.3. The van der Waals surface area contributed by atoms with Crippen molar-refractivity contribution in [3.63, 3.8) is 0 Å². The minimum absolute atomic E-state index is 0.218. The Bertz CT molecular complexity index is 480. The standard InChI is InChI=1S/C17H23F2NO/c1-20-16(10-14-8-11-5-6-12(14)7-11)13-3-2-4-15(9-13)21-17(18)19/h2-4,9,11-12,14,16-17,20H,5-8,10H2,1H3. The van der Waals surface area contributed by atoms with Crippen molar-refractivity contribution in [2.45, 2.75) is 44.8 Å². The molecule has 0 aliphatic heterocycles. The first-order valence-corrected chi connectivity index (χ1v) is 7.87. The van der Waals surface area contributed by atoms with Crippen LogP contribution in [0, 0.1) is 17.8 Å². The van der Waals surface area contributed by atoms with Crippen LogP contribution < -0.4 is 10.1 Å². The van der Waals surface area contributed by atoms with Crippen LogP contribution in [0.2, 0.25) is 0 Å². The third kappa shape index (κ3) is 3.37. The summed E-state index contributed by atoms with van der Waals surface area (Å²) < 4.78 is 29.2. The van der Waals surface area contributed by atoms with Gasteiger partial charge in [-0.25, -0.2) is 0 Å². The fourth-order valence-corrected chi connectivity index (χ4v) is 4.30. The summed E-state index contributed by atoms with van der Waals surface area (Å²) in [5.74, 6) is 2.84. The fraction of sp³-hybridized carbons (Fsp3) is 0.647. The lowest BCUT2D eigenvalue weighted by Gasteiger charge is -2.27. The van der Waals surface area contributed by atoms with Gasteiger partial charge in [0.15, 0.2) is 0 Å². The Balaban J connectivity index is 1.68. The zero-order valence-electron chi connectivity index (χ0n) is 12.4. The molecule has 21 heavy (non-hydrogen) atoms.